The highest BCUT2D eigenvalue weighted by Crippen LogP contribution is 2.39. The Morgan fingerprint density at radius 1 is 1.15 bits per heavy atom. The maximum absolute atomic E-state index is 3.48. The summed E-state index contributed by atoms with van der Waals surface area (Å²) < 4.78 is 0. The molecule has 0 spiro atoms. The summed E-state index contributed by atoms with van der Waals surface area (Å²) in [6.07, 6.45) is 6.99. The van der Waals surface area contributed by atoms with Gasteiger partial charge in [-0.25, -0.2) is 0 Å². The number of nitrogens with one attached hydrogen (secondary N) is 1. The monoisotopic (exact) mass is 281 g/mol. The van der Waals surface area contributed by atoms with Gasteiger partial charge in [0.25, 0.3) is 0 Å². The summed E-state index contributed by atoms with van der Waals surface area (Å²) >= 11 is 0. The van der Waals surface area contributed by atoms with Gasteiger partial charge >= 0.3 is 0 Å². The van der Waals surface area contributed by atoms with E-state index in [1.165, 1.54) is 64.8 Å². The van der Waals surface area contributed by atoms with Crippen LogP contribution in [0.2, 0.25) is 0 Å². The smallest absolute Gasteiger partial charge is 0.0195 e. The van der Waals surface area contributed by atoms with Crippen molar-refractivity contribution in [1.29, 1.82) is 0 Å². The maximum Gasteiger partial charge on any atom is 0.0195 e. The first-order valence-electron chi connectivity index (χ1n) is 8.62. The van der Waals surface area contributed by atoms with Gasteiger partial charge in [-0.2, -0.15) is 0 Å². The van der Waals surface area contributed by atoms with E-state index >= 15 is 0 Å². The molecule has 2 rings (SSSR count). The quantitative estimate of drug-likeness (QED) is 0.854. The lowest BCUT2D eigenvalue weighted by Crippen LogP contribution is -2.49. The second kappa shape index (κ2) is 7.24. The molecule has 1 heterocycles. The van der Waals surface area contributed by atoms with Crippen LogP contribution in [-0.2, 0) is 0 Å². The van der Waals surface area contributed by atoms with Crippen LogP contribution >= 0.6 is 0 Å². The summed E-state index contributed by atoms with van der Waals surface area (Å²) in [5.41, 5.74) is 0.526. The van der Waals surface area contributed by atoms with E-state index in [1.807, 2.05) is 0 Å². The molecule has 0 radical (unpaired) electrons. The van der Waals surface area contributed by atoms with Gasteiger partial charge in [-0.1, -0.05) is 19.8 Å². The Balaban J connectivity index is 1.99. The largest absolute Gasteiger partial charge is 0.319 e. The third-order valence-corrected chi connectivity index (χ3v) is 5.61. The molecule has 2 aliphatic rings. The first-order chi connectivity index (χ1) is 9.54. The Kier molecular flexibility index (Phi) is 5.88. The van der Waals surface area contributed by atoms with Crippen LogP contribution in [0, 0.1) is 11.3 Å². The molecule has 3 heteroatoms. The molecule has 3 nitrogen and oxygen atoms in total. The first kappa shape index (κ1) is 16.3. The predicted molar refractivity (Wildman–Crippen MR) is 87.1 cm³/mol. The lowest BCUT2D eigenvalue weighted by atomic mass is 9.70. The van der Waals surface area contributed by atoms with Crippen LogP contribution in [0.25, 0.3) is 0 Å². The summed E-state index contributed by atoms with van der Waals surface area (Å²) in [6.45, 7) is 11.1. The van der Waals surface area contributed by atoms with E-state index < -0.39 is 0 Å². The predicted octanol–water partition coefficient (Wildman–Crippen LogP) is 2.43. The van der Waals surface area contributed by atoms with E-state index in [2.05, 4.69) is 43.1 Å². The minimum Gasteiger partial charge on any atom is -0.319 e. The zero-order chi connectivity index (χ0) is 14.6. The SMILES string of the molecule is CNCC1(CN2CCCN(C)CC2C)CCC(C)CC1. The van der Waals surface area contributed by atoms with Crippen LogP contribution in [0.3, 0.4) is 0 Å². The second-order valence-corrected chi connectivity index (χ2v) is 7.65. The molecular weight excluding hydrogens is 246 g/mol. The molecule has 1 unspecified atom stereocenters. The van der Waals surface area contributed by atoms with Crippen LogP contribution in [0.4, 0.5) is 0 Å². The first-order valence-corrected chi connectivity index (χ1v) is 8.62. The molecule has 0 amide bonds. The van der Waals surface area contributed by atoms with E-state index in [1.54, 1.807) is 0 Å². The molecular formula is C17H35N3. The summed E-state index contributed by atoms with van der Waals surface area (Å²) in [7, 11) is 4.39. The molecule has 0 bridgehead atoms. The molecule has 1 aliphatic heterocycles. The molecule has 20 heavy (non-hydrogen) atoms. The summed E-state index contributed by atoms with van der Waals surface area (Å²) in [6, 6.07) is 0.704. The summed E-state index contributed by atoms with van der Waals surface area (Å²) in [5, 5.41) is 3.48. The number of nitrogens with zero attached hydrogens (tertiary/aromatic N) is 2. The highest BCUT2D eigenvalue weighted by molar-refractivity contribution is 4.91. The highest BCUT2D eigenvalue weighted by Gasteiger charge is 2.36. The lowest BCUT2D eigenvalue weighted by Gasteiger charge is -2.44. The molecule has 1 aliphatic carbocycles. The second-order valence-electron chi connectivity index (χ2n) is 7.65. The molecule has 1 atom stereocenters. The third-order valence-electron chi connectivity index (χ3n) is 5.61. The van der Waals surface area contributed by atoms with Gasteiger partial charge in [0.1, 0.15) is 0 Å². The molecule has 0 aromatic carbocycles. The minimum atomic E-state index is 0.526. The van der Waals surface area contributed by atoms with E-state index in [4.69, 9.17) is 0 Å². The molecule has 0 aromatic heterocycles. The minimum absolute atomic E-state index is 0.526. The average molecular weight is 281 g/mol. The number of rotatable bonds is 4. The van der Waals surface area contributed by atoms with Crippen molar-refractivity contribution >= 4 is 0 Å². The highest BCUT2D eigenvalue weighted by atomic mass is 15.2. The zero-order valence-corrected chi connectivity index (χ0v) is 14.1. The van der Waals surface area contributed by atoms with Crippen LogP contribution in [-0.4, -0.2) is 62.7 Å². The number of hydrogen-bond donors (Lipinski definition) is 1. The van der Waals surface area contributed by atoms with Crippen molar-refractivity contribution in [3.05, 3.63) is 0 Å². The molecule has 0 aromatic rings. The van der Waals surface area contributed by atoms with Crippen molar-refractivity contribution in [2.75, 3.05) is 46.8 Å². The Morgan fingerprint density at radius 2 is 1.85 bits per heavy atom. The Bertz CT molecular complexity index is 284. The summed E-state index contributed by atoms with van der Waals surface area (Å²) in [4.78, 5) is 5.27. The van der Waals surface area contributed by atoms with Gasteiger partial charge in [-0.3, -0.25) is 4.90 Å². The zero-order valence-electron chi connectivity index (χ0n) is 14.1. The van der Waals surface area contributed by atoms with E-state index in [0.29, 0.717) is 11.5 Å². The van der Waals surface area contributed by atoms with E-state index in [0.717, 1.165) is 5.92 Å². The van der Waals surface area contributed by atoms with Gasteiger partial charge in [-0.05, 0) is 64.7 Å². The molecule has 118 valence electrons. The lowest BCUT2D eigenvalue weighted by molar-refractivity contribution is 0.0692. The maximum atomic E-state index is 3.48. The molecule has 2 fully saturated rings. The average Bonchev–Trinajstić information content (AvgIpc) is 2.55. The third kappa shape index (κ3) is 4.19. The van der Waals surface area contributed by atoms with Gasteiger partial charge in [0.05, 0.1) is 0 Å². The van der Waals surface area contributed by atoms with Crippen molar-refractivity contribution in [1.82, 2.24) is 15.1 Å². The van der Waals surface area contributed by atoms with Crippen molar-refractivity contribution in [2.24, 2.45) is 11.3 Å². The number of likely N-dealkylation sites (N-methyl/N-ethyl adjacent to an activating group) is 1. The van der Waals surface area contributed by atoms with Crippen molar-refractivity contribution in [2.45, 2.75) is 52.0 Å². The molecule has 1 saturated heterocycles. The summed E-state index contributed by atoms with van der Waals surface area (Å²) in [5.74, 6) is 0.938. The van der Waals surface area contributed by atoms with Crippen LogP contribution in [0.15, 0.2) is 0 Å². The van der Waals surface area contributed by atoms with Gasteiger partial charge in [0, 0.05) is 25.7 Å². The Morgan fingerprint density at radius 3 is 2.50 bits per heavy atom. The topological polar surface area (TPSA) is 18.5 Å². The Labute approximate surface area is 126 Å². The van der Waals surface area contributed by atoms with E-state index in [-0.39, 0.29) is 0 Å². The van der Waals surface area contributed by atoms with E-state index in [9.17, 15) is 0 Å². The number of hydrogen-bond acceptors (Lipinski definition) is 3. The normalized spacial score (nSPS) is 37.8. The van der Waals surface area contributed by atoms with Crippen LogP contribution in [0.1, 0.15) is 46.0 Å². The molecule has 1 N–H and O–H groups in total. The fourth-order valence-corrected chi connectivity index (χ4v) is 4.23. The fourth-order valence-electron chi connectivity index (χ4n) is 4.23. The van der Waals surface area contributed by atoms with Gasteiger partial charge in [0.15, 0.2) is 0 Å². The van der Waals surface area contributed by atoms with Crippen molar-refractivity contribution in [3.63, 3.8) is 0 Å². The Hall–Kier alpha value is -0.120. The van der Waals surface area contributed by atoms with Crippen LogP contribution < -0.4 is 5.32 Å². The standard InChI is InChI=1S/C17H35N3/c1-15-6-8-17(9-7-15,13-18-3)14-20-11-5-10-19(4)12-16(20)2/h15-16,18H,5-14H2,1-4H3. The van der Waals surface area contributed by atoms with Gasteiger partial charge < -0.3 is 10.2 Å². The van der Waals surface area contributed by atoms with Gasteiger partial charge in [-0.15, -0.1) is 0 Å². The van der Waals surface area contributed by atoms with Crippen molar-refractivity contribution < 1.29 is 0 Å². The van der Waals surface area contributed by atoms with Crippen LogP contribution in [0.5, 0.6) is 0 Å². The van der Waals surface area contributed by atoms with Crippen molar-refractivity contribution in [3.8, 4) is 0 Å². The fraction of sp³-hybridized carbons (Fsp3) is 1.00. The van der Waals surface area contributed by atoms with Gasteiger partial charge in [0.2, 0.25) is 0 Å². The molecule has 1 saturated carbocycles.